The Balaban J connectivity index is 2.36. The van der Waals surface area contributed by atoms with Gasteiger partial charge in [0, 0.05) is 47.2 Å². The smallest absolute Gasteiger partial charge is 0.251 e. The van der Waals surface area contributed by atoms with Crippen LogP contribution in [0.5, 0.6) is 0 Å². The van der Waals surface area contributed by atoms with Gasteiger partial charge in [-0.1, -0.05) is 0 Å². The number of nitrogens with zero attached hydrogens (tertiary/aromatic N) is 1. The van der Waals surface area contributed by atoms with Gasteiger partial charge in [-0.2, -0.15) is 0 Å². The first-order valence-corrected chi connectivity index (χ1v) is 7.97. The zero-order chi connectivity index (χ0) is 10.1. The number of halogens is 2. The van der Waals surface area contributed by atoms with Gasteiger partial charge in [0.2, 0.25) is 0 Å². The molecule has 74 valence electrons. The summed E-state index contributed by atoms with van der Waals surface area (Å²) < 4.78 is 2.81. The van der Waals surface area contributed by atoms with Crippen molar-refractivity contribution in [2.75, 3.05) is 0 Å². The van der Waals surface area contributed by atoms with Crippen LogP contribution < -0.4 is 5.32 Å². The Morgan fingerprint density at radius 3 is 3.14 bits per heavy atom. The number of rotatable bonds is 1. The van der Waals surface area contributed by atoms with Crippen LogP contribution >= 0.6 is 46.3 Å². The molecule has 3 nitrogen and oxygen atoms in total. The van der Waals surface area contributed by atoms with E-state index in [-0.39, 0.29) is 11.9 Å². The SMILES string of the molecule is O=C1NC=C(Br)C2=CC1N(SI)C=C2. The molecule has 1 N–H and O–H groups in total. The average molecular weight is 385 g/mol. The van der Waals surface area contributed by atoms with Crippen molar-refractivity contribution < 1.29 is 4.79 Å². The average Bonchev–Trinajstić information content (AvgIpc) is 2.33. The molecule has 0 aromatic heterocycles. The number of allylic oxidation sites excluding steroid dienone is 3. The summed E-state index contributed by atoms with van der Waals surface area (Å²) in [4.78, 5) is 11.6. The molecule has 2 aliphatic rings. The minimum atomic E-state index is -0.219. The van der Waals surface area contributed by atoms with Crippen LogP contribution in [0.3, 0.4) is 0 Å². The maximum Gasteiger partial charge on any atom is 0.251 e. The summed E-state index contributed by atoms with van der Waals surface area (Å²) in [6, 6.07) is -0.219. The molecular weight excluding hydrogens is 379 g/mol. The number of hydrogen-bond acceptors (Lipinski definition) is 3. The topological polar surface area (TPSA) is 32.3 Å². The second kappa shape index (κ2) is 4.28. The number of amides is 1. The third-order valence-corrected chi connectivity index (χ3v) is 4.54. The quantitative estimate of drug-likeness (QED) is 0.556. The van der Waals surface area contributed by atoms with Gasteiger partial charge in [-0.15, -0.1) is 0 Å². The number of fused-ring (bicyclic) bond motifs is 1. The van der Waals surface area contributed by atoms with Gasteiger partial charge in [-0.3, -0.25) is 9.10 Å². The molecule has 0 saturated heterocycles. The summed E-state index contributed by atoms with van der Waals surface area (Å²) in [5, 5.41) is 2.73. The molecule has 2 bridgehead atoms. The highest BCUT2D eigenvalue weighted by molar-refractivity contribution is 14.2. The molecule has 0 saturated carbocycles. The standard InChI is InChI=1S/C8H6BrIN2OS/c9-6-4-11-8(13)7-3-5(6)1-2-12(7)14-10/h1-4,7H,(H,11,13). The van der Waals surface area contributed by atoms with Crippen LogP contribution in [0.2, 0.25) is 0 Å². The predicted molar refractivity (Wildman–Crippen MR) is 69.6 cm³/mol. The summed E-state index contributed by atoms with van der Waals surface area (Å²) in [6.45, 7) is 0. The molecule has 0 fully saturated rings. The van der Waals surface area contributed by atoms with E-state index in [9.17, 15) is 4.79 Å². The minimum Gasteiger partial charge on any atom is -0.329 e. The number of nitrogens with one attached hydrogen (secondary N) is 1. The summed E-state index contributed by atoms with van der Waals surface area (Å²) in [6.07, 6.45) is 7.51. The van der Waals surface area contributed by atoms with Crippen molar-refractivity contribution in [1.29, 1.82) is 0 Å². The van der Waals surface area contributed by atoms with E-state index < -0.39 is 0 Å². The van der Waals surface area contributed by atoms with Gasteiger partial charge in [-0.05, 0) is 33.7 Å². The molecule has 14 heavy (non-hydrogen) atoms. The van der Waals surface area contributed by atoms with E-state index in [1.165, 1.54) is 9.12 Å². The maximum absolute atomic E-state index is 11.6. The number of hydrogen-bond donors (Lipinski definition) is 1. The summed E-state index contributed by atoms with van der Waals surface area (Å²) >= 11 is 5.55. The molecule has 0 aliphatic carbocycles. The van der Waals surface area contributed by atoms with Crippen molar-refractivity contribution in [2.24, 2.45) is 0 Å². The second-order valence-electron chi connectivity index (χ2n) is 2.81. The zero-order valence-corrected chi connectivity index (χ0v) is 11.5. The predicted octanol–water partition coefficient (Wildman–Crippen LogP) is 2.48. The third kappa shape index (κ3) is 1.87. The lowest BCUT2D eigenvalue weighted by Crippen LogP contribution is -2.38. The zero-order valence-electron chi connectivity index (χ0n) is 6.91. The van der Waals surface area contributed by atoms with E-state index >= 15 is 0 Å². The van der Waals surface area contributed by atoms with E-state index in [4.69, 9.17) is 0 Å². The van der Waals surface area contributed by atoms with Crippen molar-refractivity contribution in [3.05, 3.63) is 34.6 Å². The van der Waals surface area contributed by atoms with Gasteiger partial charge < -0.3 is 5.32 Å². The van der Waals surface area contributed by atoms with E-state index in [1.807, 2.05) is 22.7 Å². The molecule has 2 aliphatic heterocycles. The highest BCUT2D eigenvalue weighted by atomic mass is 127. The largest absolute Gasteiger partial charge is 0.329 e. The Hall–Kier alpha value is 0.0500. The molecule has 0 spiro atoms. The molecule has 2 rings (SSSR count). The van der Waals surface area contributed by atoms with Crippen molar-refractivity contribution in [3.8, 4) is 0 Å². The van der Waals surface area contributed by atoms with Crippen LogP contribution in [-0.2, 0) is 4.79 Å². The second-order valence-corrected chi connectivity index (χ2v) is 5.41. The fourth-order valence-electron chi connectivity index (χ4n) is 1.27. The van der Waals surface area contributed by atoms with Crippen LogP contribution in [0.15, 0.2) is 34.6 Å². The molecule has 6 heteroatoms. The molecule has 1 unspecified atom stereocenters. The van der Waals surface area contributed by atoms with Gasteiger partial charge in [0.25, 0.3) is 5.91 Å². The summed E-state index contributed by atoms with van der Waals surface area (Å²) in [7, 11) is 1.50. The van der Waals surface area contributed by atoms with Gasteiger partial charge in [-0.25, -0.2) is 0 Å². The van der Waals surface area contributed by atoms with Crippen molar-refractivity contribution >= 4 is 52.2 Å². The molecule has 1 atom stereocenters. The van der Waals surface area contributed by atoms with Crippen LogP contribution in [0.1, 0.15) is 0 Å². The third-order valence-electron chi connectivity index (χ3n) is 1.98. The van der Waals surface area contributed by atoms with Crippen molar-refractivity contribution in [3.63, 3.8) is 0 Å². The molecule has 1 amide bonds. The molecular formula is C8H6BrIN2OS. The molecule has 0 aromatic rings. The Bertz CT molecular complexity index is 366. The van der Waals surface area contributed by atoms with Crippen LogP contribution in [-0.4, -0.2) is 16.3 Å². The number of carbonyl (C=O) groups excluding carboxylic acids is 1. The fraction of sp³-hybridized carbons (Fsp3) is 0.125. The van der Waals surface area contributed by atoms with Crippen LogP contribution in [0.4, 0.5) is 0 Å². The number of carbonyl (C=O) groups is 1. The molecule has 2 heterocycles. The van der Waals surface area contributed by atoms with Gasteiger partial charge in [0.1, 0.15) is 6.04 Å². The van der Waals surface area contributed by atoms with Gasteiger partial charge in [0.15, 0.2) is 0 Å². The first kappa shape index (κ1) is 10.6. The van der Waals surface area contributed by atoms with Crippen LogP contribution in [0, 0.1) is 0 Å². The fourth-order valence-corrected chi connectivity index (χ4v) is 3.12. The van der Waals surface area contributed by atoms with Gasteiger partial charge in [0.05, 0.1) is 0 Å². The van der Waals surface area contributed by atoms with Crippen molar-refractivity contribution in [2.45, 2.75) is 6.04 Å². The highest BCUT2D eigenvalue weighted by Gasteiger charge is 2.27. The van der Waals surface area contributed by atoms with Crippen LogP contribution in [0.25, 0.3) is 0 Å². The minimum absolute atomic E-state index is 0.00883. The first-order chi connectivity index (χ1) is 6.72. The van der Waals surface area contributed by atoms with E-state index in [2.05, 4.69) is 42.5 Å². The monoisotopic (exact) mass is 384 g/mol. The van der Waals surface area contributed by atoms with E-state index in [0.717, 1.165) is 10.1 Å². The van der Waals surface area contributed by atoms with E-state index in [0.29, 0.717) is 0 Å². The Labute approximate surface area is 107 Å². The Morgan fingerprint density at radius 2 is 2.43 bits per heavy atom. The lowest BCUT2D eigenvalue weighted by molar-refractivity contribution is -0.121. The lowest BCUT2D eigenvalue weighted by Gasteiger charge is -2.25. The van der Waals surface area contributed by atoms with Gasteiger partial charge >= 0.3 is 0 Å². The first-order valence-electron chi connectivity index (χ1n) is 3.86. The van der Waals surface area contributed by atoms with Crippen molar-refractivity contribution in [1.82, 2.24) is 9.62 Å². The Kier molecular flexibility index (Phi) is 3.23. The highest BCUT2D eigenvalue weighted by Crippen LogP contribution is 2.31. The molecule has 0 radical (unpaired) electrons. The lowest BCUT2D eigenvalue weighted by atomic mass is 10.1. The normalized spacial score (nSPS) is 25.1. The maximum atomic E-state index is 11.6. The molecule has 0 aromatic carbocycles. The summed E-state index contributed by atoms with van der Waals surface area (Å²) in [5.74, 6) is -0.00883. The Morgan fingerprint density at radius 1 is 1.64 bits per heavy atom. The summed E-state index contributed by atoms with van der Waals surface area (Å²) in [5.41, 5.74) is 1.04. The van der Waals surface area contributed by atoms with E-state index in [1.54, 1.807) is 6.20 Å².